The fourth-order valence-electron chi connectivity index (χ4n) is 2.44. The van der Waals surface area contributed by atoms with E-state index in [0.717, 1.165) is 28.3 Å². The van der Waals surface area contributed by atoms with E-state index in [1.807, 2.05) is 50.4 Å². The van der Waals surface area contributed by atoms with Gasteiger partial charge in [0, 0.05) is 29.7 Å². The van der Waals surface area contributed by atoms with Crippen molar-refractivity contribution in [3.8, 4) is 11.5 Å². The monoisotopic (exact) mass is 333 g/mol. The van der Waals surface area contributed by atoms with Gasteiger partial charge in [0.1, 0.15) is 17.1 Å². The molecular formula is C17H16ClNO2S. The molecule has 1 aliphatic heterocycles. The van der Waals surface area contributed by atoms with Crippen LogP contribution in [-0.2, 0) is 0 Å². The third kappa shape index (κ3) is 3.08. The van der Waals surface area contributed by atoms with Crippen molar-refractivity contribution in [2.24, 2.45) is 0 Å². The molecular weight excluding hydrogens is 318 g/mol. The van der Waals surface area contributed by atoms with Crippen LogP contribution in [0.3, 0.4) is 0 Å². The maximum atomic E-state index is 6.06. The highest BCUT2D eigenvalue weighted by Crippen LogP contribution is 2.41. The van der Waals surface area contributed by atoms with Crippen LogP contribution in [0.25, 0.3) is 5.57 Å². The lowest BCUT2D eigenvalue weighted by Gasteiger charge is -2.31. The summed E-state index contributed by atoms with van der Waals surface area (Å²) in [7, 11) is 0. The average molecular weight is 334 g/mol. The molecule has 0 saturated carbocycles. The fraction of sp³-hybridized carbons (Fsp3) is 0.235. The Kier molecular flexibility index (Phi) is 4.06. The molecule has 114 valence electrons. The SMILES string of the molecule is CSOc1ccc2c(c1)OC(C)(C)C=C2c1ccc(Cl)cn1. The van der Waals surface area contributed by atoms with Crippen LogP contribution < -0.4 is 8.92 Å². The lowest BCUT2D eigenvalue weighted by Crippen LogP contribution is -2.29. The van der Waals surface area contributed by atoms with Crippen molar-refractivity contribution >= 4 is 29.2 Å². The zero-order chi connectivity index (χ0) is 15.7. The highest BCUT2D eigenvalue weighted by Gasteiger charge is 2.28. The van der Waals surface area contributed by atoms with E-state index in [4.69, 9.17) is 20.5 Å². The zero-order valence-electron chi connectivity index (χ0n) is 12.6. The van der Waals surface area contributed by atoms with Gasteiger partial charge in [0.15, 0.2) is 0 Å². The van der Waals surface area contributed by atoms with E-state index in [9.17, 15) is 0 Å². The highest BCUT2D eigenvalue weighted by atomic mass is 35.5. The van der Waals surface area contributed by atoms with E-state index in [0.29, 0.717) is 5.02 Å². The lowest BCUT2D eigenvalue weighted by molar-refractivity contribution is 0.158. The maximum absolute atomic E-state index is 6.06. The van der Waals surface area contributed by atoms with Gasteiger partial charge in [-0.2, -0.15) is 0 Å². The summed E-state index contributed by atoms with van der Waals surface area (Å²) in [5.74, 6) is 1.57. The van der Waals surface area contributed by atoms with Crippen molar-refractivity contribution < 1.29 is 8.92 Å². The van der Waals surface area contributed by atoms with Gasteiger partial charge in [-0.05, 0) is 44.2 Å². The first-order valence-electron chi connectivity index (χ1n) is 6.87. The van der Waals surface area contributed by atoms with Crippen LogP contribution in [0.5, 0.6) is 11.5 Å². The number of hydrogen-bond donors (Lipinski definition) is 0. The van der Waals surface area contributed by atoms with Crippen molar-refractivity contribution in [3.05, 3.63) is 58.9 Å². The number of rotatable bonds is 3. The summed E-state index contributed by atoms with van der Waals surface area (Å²) in [5.41, 5.74) is 2.50. The Hall–Kier alpha value is -1.65. The summed E-state index contributed by atoms with van der Waals surface area (Å²) in [5, 5.41) is 0.625. The third-order valence-electron chi connectivity index (χ3n) is 3.29. The molecule has 22 heavy (non-hydrogen) atoms. The van der Waals surface area contributed by atoms with Crippen LogP contribution >= 0.6 is 23.6 Å². The van der Waals surface area contributed by atoms with Crippen LogP contribution in [0.2, 0.25) is 5.02 Å². The Labute approximate surface area is 139 Å². The van der Waals surface area contributed by atoms with Gasteiger partial charge < -0.3 is 8.92 Å². The minimum Gasteiger partial charge on any atom is -0.483 e. The van der Waals surface area contributed by atoms with Gasteiger partial charge in [0.2, 0.25) is 0 Å². The molecule has 0 aliphatic carbocycles. The molecule has 3 nitrogen and oxygen atoms in total. The van der Waals surface area contributed by atoms with Crippen LogP contribution in [-0.4, -0.2) is 16.8 Å². The number of nitrogens with zero attached hydrogens (tertiary/aromatic N) is 1. The molecule has 0 atom stereocenters. The van der Waals surface area contributed by atoms with Crippen molar-refractivity contribution in [1.29, 1.82) is 0 Å². The zero-order valence-corrected chi connectivity index (χ0v) is 14.2. The molecule has 3 rings (SSSR count). The van der Waals surface area contributed by atoms with Crippen molar-refractivity contribution in [2.75, 3.05) is 6.26 Å². The first-order valence-corrected chi connectivity index (χ1v) is 8.40. The topological polar surface area (TPSA) is 31.4 Å². The number of ether oxygens (including phenoxy) is 1. The highest BCUT2D eigenvalue weighted by molar-refractivity contribution is 7.94. The molecule has 0 amide bonds. The Morgan fingerprint density at radius 1 is 1.23 bits per heavy atom. The van der Waals surface area contributed by atoms with Crippen LogP contribution in [0, 0.1) is 0 Å². The summed E-state index contributed by atoms with van der Waals surface area (Å²) < 4.78 is 11.5. The smallest absolute Gasteiger partial charge is 0.141 e. The number of fused-ring (bicyclic) bond motifs is 1. The largest absolute Gasteiger partial charge is 0.483 e. The molecule has 1 aromatic heterocycles. The van der Waals surface area contributed by atoms with E-state index >= 15 is 0 Å². The number of aromatic nitrogens is 1. The summed E-state index contributed by atoms with van der Waals surface area (Å²) in [6.45, 7) is 4.04. The molecule has 2 heterocycles. The fourth-order valence-corrected chi connectivity index (χ4v) is 2.85. The molecule has 0 spiro atoms. The molecule has 0 bridgehead atoms. The molecule has 2 aromatic rings. The second-order valence-corrected chi connectivity index (χ2v) is 6.47. The van der Waals surface area contributed by atoms with Crippen molar-refractivity contribution in [2.45, 2.75) is 19.4 Å². The summed E-state index contributed by atoms with van der Waals surface area (Å²) in [4.78, 5) is 4.43. The molecule has 0 radical (unpaired) electrons. The van der Waals surface area contributed by atoms with Crippen LogP contribution in [0.1, 0.15) is 25.1 Å². The quantitative estimate of drug-likeness (QED) is 0.740. The Morgan fingerprint density at radius 3 is 2.73 bits per heavy atom. The maximum Gasteiger partial charge on any atom is 0.141 e. The van der Waals surface area contributed by atoms with Gasteiger partial charge in [-0.1, -0.05) is 11.6 Å². The second kappa shape index (κ2) is 5.86. The molecule has 0 saturated heterocycles. The standard InChI is InChI=1S/C17H16ClNO2S/c1-17(2)9-14(15-7-4-11(18)10-19-15)13-6-5-12(21-22-3)8-16(13)20-17/h4-10H,1-3H3. The van der Waals surface area contributed by atoms with E-state index in [-0.39, 0.29) is 0 Å². The van der Waals surface area contributed by atoms with Crippen LogP contribution in [0.15, 0.2) is 42.6 Å². The first-order chi connectivity index (χ1) is 10.5. The summed E-state index contributed by atoms with van der Waals surface area (Å²) in [6, 6.07) is 9.61. The molecule has 0 unspecified atom stereocenters. The number of hydrogen-bond acceptors (Lipinski definition) is 4. The Bertz CT molecular complexity index is 726. The van der Waals surface area contributed by atoms with Gasteiger partial charge in [-0.3, -0.25) is 4.98 Å². The van der Waals surface area contributed by atoms with Gasteiger partial charge in [0.05, 0.1) is 22.8 Å². The predicted molar refractivity (Wildman–Crippen MR) is 91.6 cm³/mol. The molecule has 1 aromatic carbocycles. The molecule has 1 aliphatic rings. The molecule has 5 heteroatoms. The first kappa shape index (κ1) is 15.3. The number of benzene rings is 1. The van der Waals surface area contributed by atoms with Crippen LogP contribution in [0.4, 0.5) is 0 Å². The Morgan fingerprint density at radius 2 is 2.05 bits per heavy atom. The Balaban J connectivity index is 2.10. The minimum absolute atomic E-state index is 0.415. The number of pyridine rings is 1. The van der Waals surface area contributed by atoms with Gasteiger partial charge in [0.25, 0.3) is 0 Å². The van der Waals surface area contributed by atoms with Crippen molar-refractivity contribution in [1.82, 2.24) is 4.98 Å². The van der Waals surface area contributed by atoms with Gasteiger partial charge >= 0.3 is 0 Å². The average Bonchev–Trinajstić information content (AvgIpc) is 2.46. The summed E-state index contributed by atoms with van der Waals surface area (Å²) >= 11 is 7.24. The summed E-state index contributed by atoms with van der Waals surface area (Å²) in [6.07, 6.45) is 5.62. The van der Waals surface area contributed by atoms with E-state index in [2.05, 4.69) is 11.1 Å². The number of halogens is 1. The lowest BCUT2D eigenvalue weighted by atomic mass is 9.92. The molecule has 0 N–H and O–H groups in total. The van der Waals surface area contributed by atoms with E-state index in [1.54, 1.807) is 6.20 Å². The van der Waals surface area contributed by atoms with Gasteiger partial charge in [-0.15, -0.1) is 0 Å². The molecule has 0 fully saturated rings. The second-order valence-electron chi connectivity index (χ2n) is 5.53. The van der Waals surface area contributed by atoms with E-state index in [1.165, 1.54) is 12.0 Å². The van der Waals surface area contributed by atoms with E-state index < -0.39 is 5.60 Å². The van der Waals surface area contributed by atoms with Crippen molar-refractivity contribution in [3.63, 3.8) is 0 Å². The normalized spacial score (nSPS) is 15.5. The predicted octanol–water partition coefficient (Wildman–Crippen LogP) is 4.99. The third-order valence-corrected chi connectivity index (χ3v) is 3.87. The van der Waals surface area contributed by atoms with Gasteiger partial charge in [-0.25, -0.2) is 0 Å². The minimum atomic E-state index is -0.415.